The van der Waals surface area contributed by atoms with E-state index in [4.69, 9.17) is 0 Å². The van der Waals surface area contributed by atoms with Gasteiger partial charge in [-0.2, -0.15) is 0 Å². The molecule has 0 saturated carbocycles. The Morgan fingerprint density at radius 1 is 1.21 bits per heavy atom. The molecule has 6 nitrogen and oxygen atoms in total. The van der Waals surface area contributed by atoms with Gasteiger partial charge in [0.15, 0.2) is 0 Å². The van der Waals surface area contributed by atoms with Crippen LogP contribution in [0.2, 0.25) is 0 Å². The fourth-order valence-corrected chi connectivity index (χ4v) is 2.84. The third-order valence-electron chi connectivity index (χ3n) is 3.74. The summed E-state index contributed by atoms with van der Waals surface area (Å²) in [5.74, 6) is -2.41. The standard InChI is InChI=1S/C13H18N2O4/c1-7(2)10-13(19)14-6-4-5-9(14)12(18)15(10)11(17)8(3)16/h7,9-10H,4-6H2,1-3H3. The van der Waals surface area contributed by atoms with Crippen molar-refractivity contribution >= 4 is 23.5 Å². The predicted octanol–water partition coefficient (Wildman–Crippen LogP) is -0.0402. The molecule has 0 aliphatic carbocycles. The zero-order chi connectivity index (χ0) is 14.3. The first kappa shape index (κ1) is 13.7. The molecule has 0 aromatic rings. The van der Waals surface area contributed by atoms with Crippen LogP contribution in [-0.4, -0.2) is 51.9 Å². The number of imide groups is 1. The highest BCUT2D eigenvalue weighted by atomic mass is 16.2. The van der Waals surface area contributed by atoms with Crippen LogP contribution in [-0.2, 0) is 19.2 Å². The molecule has 2 fully saturated rings. The summed E-state index contributed by atoms with van der Waals surface area (Å²) in [4.78, 5) is 50.4. The molecule has 0 radical (unpaired) electrons. The van der Waals surface area contributed by atoms with Crippen LogP contribution < -0.4 is 0 Å². The molecular formula is C13H18N2O4. The van der Waals surface area contributed by atoms with Gasteiger partial charge in [0, 0.05) is 13.5 Å². The quantitative estimate of drug-likeness (QED) is 0.657. The van der Waals surface area contributed by atoms with E-state index >= 15 is 0 Å². The second kappa shape index (κ2) is 4.75. The van der Waals surface area contributed by atoms with Crippen molar-refractivity contribution in [2.24, 2.45) is 5.92 Å². The molecule has 0 aromatic heterocycles. The first-order chi connectivity index (χ1) is 8.86. The van der Waals surface area contributed by atoms with Gasteiger partial charge in [0.05, 0.1) is 0 Å². The van der Waals surface area contributed by atoms with Crippen LogP contribution in [0.1, 0.15) is 33.6 Å². The highest BCUT2D eigenvalue weighted by Crippen LogP contribution is 2.29. The van der Waals surface area contributed by atoms with Gasteiger partial charge < -0.3 is 4.90 Å². The van der Waals surface area contributed by atoms with Crippen molar-refractivity contribution in [2.75, 3.05) is 6.54 Å². The molecule has 0 spiro atoms. The topological polar surface area (TPSA) is 74.8 Å². The van der Waals surface area contributed by atoms with Gasteiger partial charge in [-0.15, -0.1) is 0 Å². The fraction of sp³-hybridized carbons (Fsp3) is 0.692. The van der Waals surface area contributed by atoms with Crippen molar-refractivity contribution < 1.29 is 19.2 Å². The van der Waals surface area contributed by atoms with Gasteiger partial charge >= 0.3 is 0 Å². The molecule has 0 bridgehead atoms. The number of hydrogen-bond acceptors (Lipinski definition) is 4. The lowest BCUT2D eigenvalue weighted by Gasteiger charge is -2.42. The van der Waals surface area contributed by atoms with Gasteiger partial charge in [-0.1, -0.05) is 13.8 Å². The Bertz CT molecular complexity index is 458. The highest BCUT2D eigenvalue weighted by molar-refractivity contribution is 6.38. The minimum absolute atomic E-state index is 0.207. The Hall–Kier alpha value is -1.72. The van der Waals surface area contributed by atoms with E-state index in [2.05, 4.69) is 0 Å². The van der Waals surface area contributed by atoms with Gasteiger partial charge in [-0.3, -0.25) is 24.1 Å². The largest absolute Gasteiger partial charge is 0.329 e. The van der Waals surface area contributed by atoms with Gasteiger partial charge in [-0.25, -0.2) is 0 Å². The Kier molecular flexibility index (Phi) is 3.43. The van der Waals surface area contributed by atoms with Crippen LogP contribution in [0.25, 0.3) is 0 Å². The number of ketones is 1. The zero-order valence-corrected chi connectivity index (χ0v) is 11.4. The highest BCUT2D eigenvalue weighted by Gasteiger charge is 2.51. The molecule has 3 amide bonds. The van der Waals surface area contributed by atoms with Crippen LogP contribution in [0.5, 0.6) is 0 Å². The number of nitrogens with zero attached hydrogens (tertiary/aromatic N) is 2. The lowest BCUT2D eigenvalue weighted by atomic mass is 9.95. The number of carbonyl (C=O) groups excluding carboxylic acids is 4. The van der Waals surface area contributed by atoms with Gasteiger partial charge in [0.25, 0.3) is 11.8 Å². The smallest absolute Gasteiger partial charge is 0.297 e. The van der Waals surface area contributed by atoms with Crippen molar-refractivity contribution in [3.63, 3.8) is 0 Å². The van der Waals surface area contributed by atoms with Crippen LogP contribution in [0.3, 0.4) is 0 Å². The average molecular weight is 266 g/mol. The maximum Gasteiger partial charge on any atom is 0.297 e. The Balaban J connectivity index is 2.42. The number of piperazine rings is 1. The summed E-state index contributed by atoms with van der Waals surface area (Å²) in [6.07, 6.45) is 1.33. The SMILES string of the molecule is CC(=O)C(=O)N1C(=O)C2CCCN2C(=O)C1C(C)C. The van der Waals surface area contributed by atoms with Gasteiger partial charge in [0.2, 0.25) is 11.7 Å². The summed E-state index contributed by atoms with van der Waals surface area (Å²) >= 11 is 0. The molecule has 104 valence electrons. The molecule has 19 heavy (non-hydrogen) atoms. The zero-order valence-electron chi connectivity index (χ0n) is 11.4. The third kappa shape index (κ3) is 2.05. The van der Waals surface area contributed by atoms with E-state index in [1.54, 1.807) is 18.7 Å². The molecule has 2 rings (SSSR count). The summed E-state index contributed by atoms with van der Waals surface area (Å²) in [5, 5.41) is 0. The predicted molar refractivity (Wildman–Crippen MR) is 65.9 cm³/mol. The number of rotatable bonds is 2. The molecule has 0 aromatic carbocycles. The number of Topliss-reactive ketones (excluding diaryl/α,β-unsaturated/α-hetero) is 1. The summed E-state index contributed by atoms with van der Waals surface area (Å²) in [6.45, 7) is 5.22. The lowest BCUT2D eigenvalue weighted by molar-refractivity contribution is -0.169. The van der Waals surface area contributed by atoms with E-state index in [9.17, 15) is 19.2 Å². The summed E-state index contributed by atoms with van der Waals surface area (Å²) in [6, 6.07) is -1.41. The second-order valence-electron chi connectivity index (χ2n) is 5.45. The van der Waals surface area contributed by atoms with Gasteiger partial charge in [-0.05, 0) is 18.8 Å². The van der Waals surface area contributed by atoms with E-state index in [1.165, 1.54) is 0 Å². The molecule has 2 aliphatic heterocycles. The minimum atomic E-state index is -0.872. The Morgan fingerprint density at radius 2 is 1.84 bits per heavy atom. The van der Waals surface area contributed by atoms with Crippen LogP contribution in [0, 0.1) is 5.92 Å². The molecule has 0 N–H and O–H groups in total. The van der Waals surface area contributed by atoms with E-state index < -0.39 is 29.7 Å². The van der Waals surface area contributed by atoms with Crippen molar-refractivity contribution in [2.45, 2.75) is 45.7 Å². The number of hydrogen-bond donors (Lipinski definition) is 0. The minimum Gasteiger partial charge on any atom is -0.329 e. The maximum atomic E-state index is 12.4. The number of amides is 3. The van der Waals surface area contributed by atoms with Crippen molar-refractivity contribution in [1.82, 2.24) is 9.80 Å². The van der Waals surface area contributed by atoms with Crippen LogP contribution in [0.4, 0.5) is 0 Å². The maximum absolute atomic E-state index is 12.4. The summed E-state index contributed by atoms with van der Waals surface area (Å²) in [7, 11) is 0. The molecular weight excluding hydrogens is 248 g/mol. The first-order valence-corrected chi connectivity index (χ1v) is 6.54. The molecule has 2 atom stereocenters. The Labute approximate surface area is 111 Å². The Morgan fingerprint density at radius 3 is 2.37 bits per heavy atom. The normalized spacial score (nSPS) is 26.9. The van der Waals surface area contributed by atoms with E-state index in [0.29, 0.717) is 13.0 Å². The monoisotopic (exact) mass is 266 g/mol. The van der Waals surface area contributed by atoms with Crippen molar-refractivity contribution in [3.05, 3.63) is 0 Å². The van der Waals surface area contributed by atoms with E-state index in [0.717, 1.165) is 18.2 Å². The van der Waals surface area contributed by atoms with Crippen LogP contribution in [0.15, 0.2) is 0 Å². The molecule has 2 saturated heterocycles. The number of fused-ring (bicyclic) bond motifs is 1. The first-order valence-electron chi connectivity index (χ1n) is 6.54. The van der Waals surface area contributed by atoms with Crippen molar-refractivity contribution in [1.29, 1.82) is 0 Å². The molecule has 2 heterocycles. The summed E-state index contributed by atoms with van der Waals surface area (Å²) in [5.41, 5.74) is 0. The van der Waals surface area contributed by atoms with E-state index in [1.807, 2.05) is 0 Å². The summed E-state index contributed by atoms with van der Waals surface area (Å²) < 4.78 is 0. The number of carbonyl (C=O) groups is 4. The molecule has 2 aliphatic rings. The molecule has 6 heteroatoms. The van der Waals surface area contributed by atoms with Gasteiger partial charge in [0.1, 0.15) is 12.1 Å². The van der Waals surface area contributed by atoms with E-state index in [-0.39, 0.29) is 11.8 Å². The average Bonchev–Trinajstić information content (AvgIpc) is 2.81. The second-order valence-corrected chi connectivity index (χ2v) is 5.45. The fourth-order valence-electron chi connectivity index (χ4n) is 2.84. The lowest BCUT2D eigenvalue weighted by Crippen LogP contribution is -2.66. The third-order valence-corrected chi connectivity index (χ3v) is 3.74. The van der Waals surface area contributed by atoms with Crippen molar-refractivity contribution in [3.8, 4) is 0 Å². The van der Waals surface area contributed by atoms with Crippen LogP contribution >= 0.6 is 0 Å². The molecule has 2 unspecified atom stereocenters.